The Morgan fingerprint density at radius 3 is 2.90 bits per heavy atom. The number of carbonyl (C=O) groups excluding carboxylic acids is 1. The Balaban J connectivity index is 1.95. The lowest BCUT2D eigenvalue weighted by Gasteiger charge is -2.17. The van der Waals surface area contributed by atoms with E-state index in [2.05, 4.69) is 21.0 Å². The van der Waals surface area contributed by atoms with Crippen molar-refractivity contribution in [2.24, 2.45) is 5.10 Å². The van der Waals surface area contributed by atoms with E-state index >= 15 is 0 Å². The zero-order valence-corrected chi connectivity index (χ0v) is 12.5. The largest absolute Gasteiger partial charge is 0.467 e. The van der Waals surface area contributed by atoms with Crippen molar-refractivity contribution in [3.63, 3.8) is 0 Å². The van der Waals surface area contributed by atoms with Crippen LogP contribution in [-0.4, -0.2) is 16.6 Å². The SMILES string of the molecule is CC(=O)N1N=C(c2cccc(Br)c2)CC1c1ccco1. The average molecular weight is 333 g/mol. The average Bonchev–Trinajstić information content (AvgIpc) is 3.08. The van der Waals surface area contributed by atoms with Gasteiger partial charge in [-0.2, -0.15) is 5.10 Å². The summed E-state index contributed by atoms with van der Waals surface area (Å²) < 4.78 is 6.42. The maximum atomic E-state index is 11.8. The molecule has 0 radical (unpaired) electrons. The van der Waals surface area contributed by atoms with Crippen molar-refractivity contribution in [2.75, 3.05) is 0 Å². The fraction of sp³-hybridized carbons (Fsp3) is 0.200. The van der Waals surface area contributed by atoms with E-state index in [-0.39, 0.29) is 11.9 Å². The number of rotatable bonds is 2. The Morgan fingerprint density at radius 1 is 1.40 bits per heavy atom. The summed E-state index contributed by atoms with van der Waals surface area (Å²) >= 11 is 3.45. The van der Waals surface area contributed by atoms with Crippen molar-refractivity contribution in [1.29, 1.82) is 0 Å². The van der Waals surface area contributed by atoms with Crippen LogP contribution in [0, 0.1) is 0 Å². The van der Waals surface area contributed by atoms with Gasteiger partial charge >= 0.3 is 0 Å². The molecule has 1 aliphatic rings. The number of benzene rings is 1. The number of hydrazone groups is 1. The lowest BCUT2D eigenvalue weighted by Crippen LogP contribution is -2.23. The smallest absolute Gasteiger partial charge is 0.240 e. The quantitative estimate of drug-likeness (QED) is 0.840. The molecule has 0 bridgehead atoms. The van der Waals surface area contributed by atoms with Crippen LogP contribution < -0.4 is 0 Å². The second-order valence-corrected chi connectivity index (χ2v) is 5.57. The van der Waals surface area contributed by atoms with Crippen LogP contribution in [0.25, 0.3) is 0 Å². The van der Waals surface area contributed by atoms with E-state index in [1.807, 2.05) is 36.4 Å². The molecule has 0 fully saturated rings. The van der Waals surface area contributed by atoms with Crippen LogP contribution in [-0.2, 0) is 4.79 Å². The number of carbonyl (C=O) groups is 1. The molecule has 5 heteroatoms. The van der Waals surface area contributed by atoms with Gasteiger partial charge in [0.1, 0.15) is 11.8 Å². The van der Waals surface area contributed by atoms with Crippen LogP contribution in [0.2, 0.25) is 0 Å². The minimum Gasteiger partial charge on any atom is -0.467 e. The van der Waals surface area contributed by atoms with Gasteiger partial charge in [-0.05, 0) is 29.8 Å². The van der Waals surface area contributed by atoms with Gasteiger partial charge in [-0.25, -0.2) is 5.01 Å². The van der Waals surface area contributed by atoms with Gasteiger partial charge in [-0.1, -0.05) is 28.1 Å². The first kappa shape index (κ1) is 13.1. The first-order chi connectivity index (χ1) is 9.65. The molecule has 0 saturated carbocycles. The first-order valence-corrected chi connectivity index (χ1v) is 7.11. The zero-order valence-electron chi connectivity index (χ0n) is 10.9. The highest BCUT2D eigenvalue weighted by molar-refractivity contribution is 9.10. The molecule has 0 N–H and O–H groups in total. The Morgan fingerprint density at radius 2 is 2.25 bits per heavy atom. The van der Waals surface area contributed by atoms with Crippen molar-refractivity contribution in [3.8, 4) is 0 Å². The number of nitrogens with zero attached hydrogens (tertiary/aromatic N) is 2. The fourth-order valence-corrected chi connectivity index (χ4v) is 2.74. The normalized spacial score (nSPS) is 18.2. The fourth-order valence-electron chi connectivity index (χ4n) is 2.35. The third kappa shape index (κ3) is 2.41. The number of hydrogen-bond donors (Lipinski definition) is 0. The predicted octanol–water partition coefficient (Wildman–Crippen LogP) is 3.74. The zero-order chi connectivity index (χ0) is 14.1. The molecule has 1 aliphatic heterocycles. The number of halogens is 1. The summed E-state index contributed by atoms with van der Waals surface area (Å²) in [6, 6.07) is 11.5. The molecule has 102 valence electrons. The Kier molecular flexibility index (Phi) is 3.44. The van der Waals surface area contributed by atoms with Gasteiger partial charge in [0.25, 0.3) is 0 Å². The molecule has 20 heavy (non-hydrogen) atoms. The molecule has 1 atom stereocenters. The van der Waals surface area contributed by atoms with Gasteiger partial charge in [0.05, 0.1) is 12.0 Å². The van der Waals surface area contributed by atoms with E-state index < -0.39 is 0 Å². The van der Waals surface area contributed by atoms with E-state index in [0.717, 1.165) is 21.5 Å². The molecule has 0 aliphatic carbocycles. The van der Waals surface area contributed by atoms with Crippen LogP contribution in [0.3, 0.4) is 0 Å². The van der Waals surface area contributed by atoms with E-state index in [4.69, 9.17) is 4.42 Å². The topological polar surface area (TPSA) is 45.8 Å². The van der Waals surface area contributed by atoms with Crippen molar-refractivity contribution in [2.45, 2.75) is 19.4 Å². The summed E-state index contributed by atoms with van der Waals surface area (Å²) in [5.41, 5.74) is 1.91. The van der Waals surface area contributed by atoms with Crippen molar-refractivity contribution in [3.05, 3.63) is 58.5 Å². The third-order valence-electron chi connectivity index (χ3n) is 3.26. The highest BCUT2D eigenvalue weighted by Gasteiger charge is 2.33. The summed E-state index contributed by atoms with van der Waals surface area (Å²) in [6.07, 6.45) is 2.27. The second kappa shape index (κ2) is 5.25. The van der Waals surface area contributed by atoms with Gasteiger partial charge in [0, 0.05) is 17.8 Å². The first-order valence-electron chi connectivity index (χ1n) is 6.32. The molecular weight excluding hydrogens is 320 g/mol. The van der Waals surface area contributed by atoms with E-state index in [9.17, 15) is 4.79 Å². The van der Waals surface area contributed by atoms with E-state index in [0.29, 0.717) is 6.42 Å². The molecular formula is C15H13BrN2O2. The molecule has 0 spiro atoms. The molecule has 1 aromatic carbocycles. The van der Waals surface area contributed by atoms with Crippen LogP contribution in [0.5, 0.6) is 0 Å². The molecule has 2 heterocycles. The lowest BCUT2D eigenvalue weighted by atomic mass is 10.0. The second-order valence-electron chi connectivity index (χ2n) is 4.66. The summed E-state index contributed by atoms with van der Waals surface area (Å²) in [6.45, 7) is 1.52. The summed E-state index contributed by atoms with van der Waals surface area (Å²) in [5.74, 6) is 0.672. The maximum Gasteiger partial charge on any atom is 0.240 e. The Bertz CT molecular complexity index is 664. The van der Waals surface area contributed by atoms with Gasteiger partial charge in [-0.15, -0.1) is 0 Å². The Hall–Kier alpha value is -1.88. The molecule has 1 amide bonds. The highest BCUT2D eigenvalue weighted by Crippen LogP contribution is 2.33. The summed E-state index contributed by atoms with van der Waals surface area (Å²) in [4.78, 5) is 11.8. The van der Waals surface area contributed by atoms with Gasteiger partial charge in [0.2, 0.25) is 5.91 Å². The monoisotopic (exact) mass is 332 g/mol. The van der Waals surface area contributed by atoms with Crippen LogP contribution in [0.15, 0.2) is 56.7 Å². The number of hydrogen-bond acceptors (Lipinski definition) is 3. The molecule has 2 aromatic rings. The third-order valence-corrected chi connectivity index (χ3v) is 3.76. The molecule has 3 rings (SSSR count). The molecule has 1 aromatic heterocycles. The summed E-state index contributed by atoms with van der Waals surface area (Å²) in [5, 5.41) is 5.95. The number of amides is 1. The van der Waals surface area contributed by atoms with Gasteiger partial charge in [-0.3, -0.25) is 4.79 Å². The van der Waals surface area contributed by atoms with Crippen LogP contribution in [0.1, 0.15) is 30.7 Å². The van der Waals surface area contributed by atoms with Crippen molar-refractivity contribution >= 4 is 27.5 Å². The molecule has 0 saturated heterocycles. The van der Waals surface area contributed by atoms with Gasteiger partial charge < -0.3 is 4.42 Å². The standard InChI is InChI=1S/C15H13BrN2O2/c1-10(19)18-14(15-6-3-7-20-15)9-13(17-18)11-4-2-5-12(16)8-11/h2-8,14H,9H2,1H3. The molecule has 1 unspecified atom stereocenters. The van der Waals surface area contributed by atoms with Gasteiger partial charge in [0.15, 0.2) is 0 Å². The lowest BCUT2D eigenvalue weighted by molar-refractivity contribution is -0.130. The van der Waals surface area contributed by atoms with E-state index in [1.54, 1.807) is 6.26 Å². The van der Waals surface area contributed by atoms with E-state index in [1.165, 1.54) is 11.9 Å². The molecule has 4 nitrogen and oxygen atoms in total. The number of furan rings is 1. The maximum absolute atomic E-state index is 11.8. The van der Waals surface area contributed by atoms with Crippen molar-refractivity contribution < 1.29 is 9.21 Å². The minimum atomic E-state index is -0.156. The summed E-state index contributed by atoms with van der Waals surface area (Å²) in [7, 11) is 0. The highest BCUT2D eigenvalue weighted by atomic mass is 79.9. The Labute approximate surface area is 125 Å². The van der Waals surface area contributed by atoms with Crippen molar-refractivity contribution in [1.82, 2.24) is 5.01 Å². The predicted molar refractivity (Wildman–Crippen MR) is 79.3 cm³/mol. The minimum absolute atomic E-state index is 0.0867. The van der Waals surface area contributed by atoms with Crippen LogP contribution >= 0.6 is 15.9 Å². The van der Waals surface area contributed by atoms with Crippen LogP contribution in [0.4, 0.5) is 0 Å².